The topological polar surface area (TPSA) is 47.7 Å². The lowest BCUT2D eigenvalue weighted by atomic mass is 10.1. The number of hydrogen-bond donors (Lipinski definition) is 1. The van der Waals surface area contributed by atoms with Gasteiger partial charge in [0.25, 0.3) is 0 Å². The second kappa shape index (κ2) is 12.8. The lowest BCUT2D eigenvalue weighted by Gasteiger charge is -2.25. The summed E-state index contributed by atoms with van der Waals surface area (Å²) in [6, 6.07) is 16.6. The molecule has 26 heavy (non-hydrogen) atoms. The average molecular weight is 401 g/mol. The fraction of sp³-hybridized carbons (Fsp3) is 0.400. The maximum Gasteiger partial charge on any atom is 0.118 e. The molecule has 4 nitrogen and oxygen atoms in total. The first-order chi connectivity index (χ1) is 11.6. The van der Waals surface area contributed by atoms with Crippen molar-refractivity contribution >= 4 is 24.8 Å². The van der Waals surface area contributed by atoms with Crippen LogP contribution in [-0.2, 0) is 13.1 Å². The van der Waals surface area contributed by atoms with Crippen LogP contribution >= 0.6 is 24.8 Å². The van der Waals surface area contributed by atoms with Gasteiger partial charge in [0, 0.05) is 25.7 Å². The van der Waals surface area contributed by atoms with Crippen LogP contribution in [-0.4, -0.2) is 31.7 Å². The Bertz CT molecular complexity index is 557. The van der Waals surface area contributed by atoms with Gasteiger partial charge >= 0.3 is 0 Å². The molecule has 0 amide bonds. The lowest BCUT2D eigenvalue weighted by molar-refractivity contribution is 0.238. The monoisotopic (exact) mass is 400 g/mol. The Morgan fingerprint density at radius 3 is 1.50 bits per heavy atom. The molecule has 0 saturated carbocycles. The first kappa shape index (κ1) is 24.5. The van der Waals surface area contributed by atoms with E-state index in [0.29, 0.717) is 0 Å². The largest absolute Gasteiger partial charge is 0.497 e. The van der Waals surface area contributed by atoms with Crippen molar-refractivity contribution < 1.29 is 9.47 Å². The summed E-state index contributed by atoms with van der Waals surface area (Å²) >= 11 is 0. The summed E-state index contributed by atoms with van der Waals surface area (Å²) < 4.78 is 10.5. The third-order valence-electron chi connectivity index (χ3n) is 4.15. The molecule has 0 fully saturated rings. The van der Waals surface area contributed by atoms with E-state index < -0.39 is 0 Å². The van der Waals surface area contributed by atoms with E-state index in [1.807, 2.05) is 24.3 Å². The molecule has 6 heteroatoms. The molecule has 0 aliphatic rings. The number of benzene rings is 2. The molecule has 0 heterocycles. The van der Waals surface area contributed by atoms with Crippen molar-refractivity contribution in [3.63, 3.8) is 0 Å². The molecule has 0 bridgehead atoms. The molecule has 0 saturated heterocycles. The fourth-order valence-corrected chi connectivity index (χ4v) is 2.62. The number of methoxy groups -OCH3 is 2. The van der Waals surface area contributed by atoms with Gasteiger partial charge in [0.05, 0.1) is 14.2 Å². The molecule has 2 aromatic carbocycles. The third kappa shape index (κ3) is 7.83. The van der Waals surface area contributed by atoms with E-state index in [9.17, 15) is 0 Å². The van der Waals surface area contributed by atoms with Gasteiger partial charge in [-0.25, -0.2) is 0 Å². The minimum absolute atomic E-state index is 0. The molecule has 2 rings (SSSR count). The highest BCUT2D eigenvalue weighted by molar-refractivity contribution is 5.85. The first-order valence-electron chi connectivity index (χ1n) is 8.38. The summed E-state index contributed by atoms with van der Waals surface area (Å²) in [5.41, 5.74) is 8.70. The van der Waals surface area contributed by atoms with Crippen molar-refractivity contribution in [1.29, 1.82) is 0 Å². The number of halogens is 2. The number of hydrogen-bond acceptors (Lipinski definition) is 4. The Balaban J connectivity index is 0.00000312. The van der Waals surface area contributed by atoms with E-state index in [1.165, 1.54) is 11.1 Å². The zero-order chi connectivity index (χ0) is 17.4. The van der Waals surface area contributed by atoms with Gasteiger partial charge in [-0.05, 0) is 41.8 Å². The minimum Gasteiger partial charge on any atom is -0.497 e. The van der Waals surface area contributed by atoms with Gasteiger partial charge in [0.1, 0.15) is 11.5 Å². The van der Waals surface area contributed by atoms with Gasteiger partial charge in [0.15, 0.2) is 0 Å². The predicted octanol–water partition coefficient (Wildman–Crippen LogP) is 4.29. The highest BCUT2D eigenvalue weighted by Crippen LogP contribution is 2.17. The standard InChI is InChI=1S/C20H28N2O2.2ClH/c1-4-18(21)15-22(13-16-5-9-19(23-2)10-6-16)14-17-7-11-20(24-3)12-8-17;;/h5-12,18H,4,13-15,21H2,1-3H3;2*1H. The molecule has 2 N–H and O–H groups in total. The molecular weight excluding hydrogens is 371 g/mol. The van der Waals surface area contributed by atoms with Crippen LogP contribution in [0.1, 0.15) is 24.5 Å². The van der Waals surface area contributed by atoms with Gasteiger partial charge < -0.3 is 15.2 Å². The zero-order valence-electron chi connectivity index (χ0n) is 15.7. The van der Waals surface area contributed by atoms with E-state index in [2.05, 4.69) is 36.1 Å². The highest BCUT2D eigenvalue weighted by atomic mass is 35.5. The molecule has 0 radical (unpaired) electrons. The van der Waals surface area contributed by atoms with Gasteiger partial charge in [-0.1, -0.05) is 31.2 Å². The Morgan fingerprint density at radius 1 is 0.808 bits per heavy atom. The van der Waals surface area contributed by atoms with E-state index in [1.54, 1.807) is 14.2 Å². The molecular formula is C20H30Cl2N2O2. The second-order valence-corrected chi connectivity index (χ2v) is 6.03. The van der Waals surface area contributed by atoms with Crippen LogP contribution in [0.5, 0.6) is 11.5 Å². The van der Waals surface area contributed by atoms with Crippen LogP contribution in [0.2, 0.25) is 0 Å². The molecule has 0 aromatic heterocycles. The van der Waals surface area contributed by atoms with Crippen molar-refractivity contribution in [3.05, 3.63) is 59.7 Å². The average Bonchev–Trinajstić information content (AvgIpc) is 2.62. The zero-order valence-corrected chi connectivity index (χ0v) is 17.3. The van der Waals surface area contributed by atoms with E-state index in [4.69, 9.17) is 15.2 Å². The molecule has 1 atom stereocenters. The maximum atomic E-state index is 6.19. The second-order valence-electron chi connectivity index (χ2n) is 6.03. The van der Waals surface area contributed by atoms with Gasteiger partial charge in [-0.15, -0.1) is 24.8 Å². The molecule has 0 aliphatic carbocycles. The van der Waals surface area contributed by atoms with E-state index in [-0.39, 0.29) is 30.9 Å². The van der Waals surface area contributed by atoms with Crippen molar-refractivity contribution in [2.75, 3.05) is 20.8 Å². The summed E-state index contributed by atoms with van der Waals surface area (Å²) in [4.78, 5) is 2.39. The van der Waals surface area contributed by atoms with Crippen LogP contribution in [0, 0.1) is 0 Å². The molecule has 1 unspecified atom stereocenters. The maximum absolute atomic E-state index is 6.19. The molecule has 0 aliphatic heterocycles. The van der Waals surface area contributed by atoms with Crippen LogP contribution in [0.4, 0.5) is 0 Å². The number of ether oxygens (including phenoxy) is 2. The fourth-order valence-electron chi connectivity index (χ4n) is 2.62. The smallest absolute Gasteiger partial charge is 0.118 e. The van der Waals surface area contributed by atoms with Crippen LogP contribution in [0.25, 0.3) is 0 Å². The Labute approximate surface area is 169 Å². The third-order valence-corrected chi connectivity index (χ3v) is 4.15. The SMILES string of the molecule is CCC(N)CN(Cc1ccc(OC)cc1)Cc1ccc(OC)cc1.Cl.Cl. The summed E-state index contributed by atoms with van der Waals surface area (Å²) in [7, 11) is 3.37. The van der Waals surface area contributed by atoms with Crippen molar-refractivity contribution in [2.24, 2.45) is 5.73 Å². The normalized spacial score (nSPS) is 11.3. The quantitative estimate of drug-likeness (QED) is 0.681. The predicted molar refractivity (Wildman–Crippen MR) is 113 cm³/mol. The van der Waals surface area contributed by atoms with Gasteiger partial charge in [0.2, 0.25) is 0 Å². The highest BCUT2D eigenvalue weighted by Gasteiger charge is 2.11. The number of rotatable bonds is 9. The van der Waals surface area contributed by atoms with Crippen LogP contribution in [0.3, 0.4) is 0 Å². The lowest BCUT2D eigenvalue weighted by Crippen LogP contribution is -2.36. The van der Waals surface area contributed by atoms with E-state index >= 15 is 0 Å². The van der Waals surface area contributed by atoms with Crippen LogP contribution < -0.4 is 15.2 Å². The molecule has 0 spiro atoms. The van der Waals surface area contributed by atoms with Crippen molar-refractivity contribution in [2.45, 2.75) is 32.5 Å². The van der Waals surface area contributed by atoms with E-state index in [0.717, 1.165) is 37.6 Å². The Morgan fingerprint density at radius 2 is 1.19 bits per heavy atom. The van der Waals surface area contributed by atoms with Gasteiger partial charge in [-0.3, -0.25) is 4.90 Å². The van der Waals surface area contributed by atoms with Crippen molar-refractivity contribution in [3.8, 4) is 11.5 Å². The number of nitrogens with zero attached hydrogens (tertiary/aromatic N) is 1. The summed E-state index contributed by atoms with van der Waals surface area (Å²) in [6.07, 6.45) is 0.974. The Kier molecular flexibility index (Phi) is 12.1. The Hall–Kier alpha value is -1.46. The first-order valence-corrected chi connectivity index (χ1v) is 8.38. The van der Waals surface area contributed by atoms with Crippen molar-refractivity contribution in [1.82, 2.24) is 4.90 Å². The van der Waals surface area contributed by atoms with Gasteiger partial charge in [-0.2, -0.15) is 0 Å². The molecule has 2 aromatic rings. The van der Waals surface area contributed by atoms with Crippen LogP contribution in [0.15, 0.2) is 48.5 Å². The minimum atomic E-state index is 0. The number of nitrogens with two attached hydrogens (primary N) is 1. The molecule has 146 valence electrons. The summed E-state index contributed by atoms with van der Waals surface area (Å²) in [5.74, 6) is 1.76. The summed E-state index contributed by atoms with van der Waals surface area (Å²) in [5, 5.41) is 0. The summed E-state index contributed by atoms with van der Waals surface area (Å²) in [6.45, 7) is 4.73.